The van der Waals surface area contributed by atoms with Crippen molar-refractivity contribution in [3.63, 3.8) is 0 Å². The van der Waals surface area contributed by atoms with Crippen molar-refractivity contribution in [3.05, 3.63) is 87.6 Å². The van der Waals surface area contributed by atoms with Crippen LogP contribution in [0.1, 0.15) is 5.69 Å². The summed E-state index contributed by atoms with van der Waals surface area (Å²) in [6.45, 7) is 0.360. The zero-order valence-corrected chi connectivity index (χ0v) is 17.0. The summed E-state index contributed by atoms with van der Waals surface area (Å²) in [5, 5.41) is 7.82. The zero-order chi connectivity index (χ0) is 20.2. The van der Waals surface area contributed by atoms with Crippen molar-refractivity contribution in [2.45, 2.75) is 13.0 Å². The van der Waals surface area contributed by atoms with Crippen LogP contribution in [-0.4, -0.2) is 31.8 Å². The fourth-order valence-electron chi connectivity index (χ4n) is 3.00. The molecule has 2 aromatic heterocycles. The van der Waals surface area contributed by atoms with Crippen molar-refractivity contribution in [2.75, 3.05) is 6.54 Å². The Labute approximate surface area is 175 Å². The molecule has 0 spiro atoms. The number of amides is 1. The number of rotatable bonds is 6. The molecule has 0 aliphatic carbocycles. The molecule has 146 valence electrons. The summed E-state index contributed by atoms with van der Waals surface area (Å²) in [5.41, 5.74) is 2.22. The number of benzene rings is 2. The van der Waals surface area contributed by atoms with E-state index in [-0.39, 0.29) is 18.0 Å². The largest absolute Gasteiger partial charge is 0.354 e. The van der Waals surface area contributed by atoms with E-state index in [0.717, 1.165) is 15.9 Å². The van der Waals surface area contributed by atoms with E-state index in [1.165, 1.54) is 10.9 Å². The van der Waals surface area contributed by atoms with Crippen molar-refractivity contribution in [2.24, 2.45) is 0 Å². The molecule has 29 heavy (non-hydrogen) atoms. The van der Waals surface area contributed by atoms with Gasteiger partial charge in [-0.3, -0.25) is 14.2 Å². The quantitative estimate of drug-likeness (QED) is 0.488. The van der Waals surface area contributed by atoms with Crippen LogP contribution < -0.4 is 10.9 Å². The first-order chi connectivity index (χ1) is 14.1. The number of halogens is 1. The Morgan fingerprint density at radius 1 is 1.10 bits per heavy atom. The van der Waals surface area contributed by atoms with Crippen molar-refractivity contribution in [1.82, 2.24) is 24.6 Å². The zero-order valence-electron chi connectivity index (χ0n) is 15.5. The first kappa shape index (κ1) is 19.1. The number of nitrogens with one attached hydrogen (secondary N) is 1. The molecular formula is C21H18BrN5O2. The predicted octanol–water partition coefficient (Wildman–Crippen LogP) is 2.70. The lowest BCUT2D eigenvalue weighted by atomic mass is 10.2. The van der Waals surface area contributed by atoms with Gasteiger partial charge in [0, 0.05) is 23.6 Å². The highest BCUT2D eigenvalue weighted by molar-refractivity contribution is 9.10. The highest BCUT2D eigenvalue weighted by atomic mass is 79.9. The van der Waals surface area contributed by atoms with Crippen LogP contribution in [-0.2, 0) is 17.8 Å². The van der Waals surface area contributed by atoms with E-state index in [1.54, 1.807) is 16.8 Å². The number of carbonyl (C=O) groups is 1. The molecule has 0 aliphatic heterocycles. The van der Waals surface area contributed by atoms with Crippen LogP contribution >= 0.6 is 15.9 Å². The minimum atomic E-state index is -0.245. The van der Waals surface area contributed by atoms with Crippen LogP contribution in [0.5, 0.6) is 0 Å². The molecule has 2 aromatic carbocycles. The van der Waals surface area contributed by atoms with E-state index < -0.39 is 0 Å². The number of hydrogen-bond acceptors (Lipinski definition) is 4. The number of carbonyl (C=O) groups excluding carboxylic acids is 1. The number of para-hydroxylation sites is 1. The molecule has 0 bridgehead atoms. The van der Waals surface area contributed by atoms with Gasteiger partial charge in [-0.05, 0) is 36.4 Å². The summed E-state index contributed by atoms with van der Waals surface area (Å²) in [6, 6.07) is 17.1. The lowest BCUT2D eigenvalue weighted by Gasteiger charge is -2.08. The number of fused-ring (bicyclic) bond motifs is 1. The second-order valence-corrected chi connectivity index (χ2v) is 7.44. The van der Waals surface area contributed by atoms with Crippen molar-refractivity contribution in [3.8, 4) is 5.69 Å². The number of hydrogen-bond donors (Lipinski definition) is 1. The van der Waals surface area contributed by atoms with Crippen LogP contribution in [0, 0.1) is 0 Å². The van der Waals surface area contributed by atoms with Gasteiger partial charge in [-0.15, -0.1) is 0 Å². The van der Waals surface area contributed by atoms with Gasteiger partial charge < -0.3 is 5.32 Å². The van der Waals surface area contributed by atoms with Gasteiger partial charge in [0.1, 0.15) is 6.54 Å². The van der Waals surface area contributed by atoms with E-state index in [1.807, 2.05) is 48.7 Å². The fourth-order valence-corrected chi connectivity index (χ4v) is 3.37. The monoisotopic (exact) mass is 451 g/mol. The van der Waals surface area contributed by atoms with E-state index in [4.69, 9.17) is 0 Å². The molecule has 0 fully saturated rings. The Balaban J connectivity index is 1.35. The molecule has 0 radical (unpaired) electrons. The molecule has 0 saturated carbocycles. The van der Waals surface area contributed by atoms with E-state index >= 15 is 0 Å². The average molecular weight is 452 g/mol. The summed E-state index contributed by atoms with van der Waals surface area (Å²) >= 11 is 3.35. The third-order valence-electron chi connectivity index (χ3n) is 4.47. The minimum Gasteiger partial charge on any atom is -0.354 e. The van der Waals surface area contributed by atoms with Crippen LogP contribution in [0.2, 0.25) is 0 Å². The summed E-state index contributed by atoms with van der Waals surface area (Å²) in [6.07, 6.45) is 3.90. The standard InChI is InChI=1S/C21H18BrN5O2/c22-15-6-7-19-18(12-15)21(29)26(14-24-19)13-20(28)23-10-8-16-9-11-27(25-16)17-4-2-1-3-5-17/h1-7,9,11-12,14H,8,10,13H2,(H,23,28). The van der Waals surface area contributed by atoms with Gasteiger partial charge >= 0.3 is 0 Å². The molecular weight excluding hydrogens is 434 g/mol. The van der Waals surface area contributed by atoms with Gasteiger partial charge in [0.25, 0.3) is 5.56 Å². The molecule has 0 saturated heterocycles. The van der Waals surface area contributed by atoms with Gasteiger partial charge in [0.05, 0.1) is 28.6 Å². The maximum atomic E-state index is 12.6. The molecule has 0 unspecified atom stereocenters. The van der Waals surface area contributed by atoms with Crippen LogP contribution in [0.4, 0.5) is 0 Å². The highest BCUT2D eigenvalue weighted by Gasteiger charge is 2.09. The summed E-state index contributed by atoms with van der Waals surface area (Å²) in [4.78, 5) is 29.1. The van der Waals surface area contributed by atoms with E-state index in [9.17, 15) is 9.59 Å². The topological polar surface area (TPSA) is 81.8 Å². The van der Waals surface area contributed by atoms with E-state index in [0.29, 0.717) is 23.9 Å². The normalized spacial score (nSPS) is 10.9. The second kappa shape index (κ2) is 8.40. The molecule has 4 rings (SSSR count). The summed E-state index contributed by atoms with van der Waals surface area (Å²) < 4.78 is 3.91. The first-order valence-corrected chi connectivity index (χ1v) is 9.91. The van der Waals surface area contributed by atoms with Crippen molar-refractivity contribution >= 4 is 32.7 Å². The van der Waals surface area contributed by atoms with Gasteiger partial charge in [0.15, 0.2) is 0 Å². The van der Waals surface area contributed by atoms with Crippen LogP contribution in [0.25, 0.3) is 16.6 Å². The van der Waals surface area contributed by atoms with Gasteiger partial charge in [-0.25, -0.2) is 9.67 Å². The first-order valence-electron chi connectivity index (χ1n) is 9.11. The SMILES string of the molecule is O=C(Cn1cnc2ccc(Br)cc2c1=O)NCCc1ccn(-c2ccccc2)n1. The summed E-state index contributed by atoms with van der Waals surface area (Å²) in [7, 11) is 0. The van der Waals surface area contributed by atoms with Crippen LogP contribution in [0.15, 0.2) is 76.4 Å². The maximum Gasteiger partial charge on any atom is 0.261 e. The number of aromatic nitrogens is 4. The van der Waals surface area contributed by atoms with Crippen molar-refractivity contribution in [1.29, 1.82) is 0 Å². The Hall–Kier alpha value is -3.26. The number of nitrogens with zero attached hydrogens (tertiary/aromatic N) is 4. The third-order valence-corrected chi connectivity index (χ3v) is 4.96. The highest BCUT2D eigenvalue weighted by Crippen LogP contribution is 2.14. The Morgan fingerprint density at radius 3 is 2.76 bits per heavy atom. The molecule has 1 amide bonds. The minimum absolute atomic E-state index is 0.0766. The van der Waals surface area contributed by atoms with Gasteiger partial charge in [-0.2, -0.15) is 5.10 Å². The van der Waals surface area contributed by atoms with Crippen LogP contribution in [0.3, 0.4) is 0 Å². The van der Waals surface area contributed by atoms with Gasteiger partial charge in [-0.1, -0.05) is 34.1 Å². The molecule has 7 nitrogen and oxygen atoms in total. The molecule has 8 heteroatoms. The lowest BCUT2D eigenvalue weighted by molar-refractivity contribution is -0.121. The third kappa shape index (κ3) is 4.43. The lowest BCUT2D eigenvalue weighted by Crippen LogP contribution is -2.33. The Bertz CT molecular complexity index is 1220. The predicted molar refractivity (Wildman–Crippen MR) is 114 cm³/mol. The Kier molecular flexibility index (Phi) is 5.53. The molecule has 0 atom stereocenters. The fraction of sp³-hybridized carbons (Fsp3) is 0.143. The molecule has 4 aromatic rings. The Morgan fingerprint density at radius 2 is 1.93 bits per heavy atom. The van der Waals surface area contributed by atoms with E-state index in [2.05, 4.69) is 31.3 Å². The van der Waals surface area contributed by atoms with Gasteiger partial charge in [0.2, 0.25) is 5.91 Å². The maximum absolute atomic E-state index is 12.6. The average Bonchev–Trinajstić information content (AvgIpc) is 3.20. The molecule has 1 N–H and O–H groups in total. The molecule has 2 heterocycles. The van der Waals surface area contributed by atoms with Crippen molar-refractivity contribution < 1.29 is 4.79 Å². The smallest absolute Gasteiger partial charge is 0.261 e. The summed E-state index contributed by atoms with van der Waals surface area (Å²) in [5.74, 6) is -0.245. The molecule has 0 aliphatic rings. The second-order valence-electron chi connectivity index (χ2n) is 6.53.